The topological polar surface area (TPSA) is 73.8 Å². The number of aliphatic hydroxyl groups excluding tert-OH is 1. The van der Waals surface area contributed by atoms with Crippen LogP contribution in [-0.2, 0) is 0 Å². The Labute approximate surface area is 61.2 Å². The molecule has 0 amide bonds. The van der Waals surface area contributed by atoms with Crippen molar-refractivity contribution in [1.82, 2.24) is 0 Å². The van der Waals surface area contributed by atoms with E-state index in [0.29, 0.717) is 12.5 Å². The van der Waals surface area contributed by atoms with E-state index >= 15 is 0 Å². The molecule has 10 heavy (non-hydrogen) atoms. The van der Waals surface area contributed by atoms with Gasteiger partial charge in [-0.1, -0.05) is 13.8 Å². The van der Waals surface area contributed by atoms with Gasteiger partial charge in [0, 0.05) is 0 Å². The van der Waals surface area contributed by atoms with Gasteiger partial charge in [-0.05, 0) is 12.3 Å². The summed E-state index contributed by atoms with van der Waals surface area (Å²) in [7, 11) is 0. The highest BCUT2D eigenvalue weighted by atomic mass is 16.5. The van der Waals surface area contributed by atoms with Crippen LogP contribution in [0.25, 0.3) is 0 Å². The molecule has 0 aliphatic rings. The van der Waals surface area contributed by atoms with Crippen molar-refractivity contribution in [2.24, 2.45) is 11.7 Å². The third-order valence-corrected chi connectivity index (χ3v) is 1.30. The summed E-state index contributed by atoms with van der Waals surface area (Å²) in [5.74, 6) is 0.489. The van der Waals surface area contributed by atoms with Gasteiger partial charge in [-0.3, -0.25) is 5.73 Å². The van der Waals surface area contributed by atoms with Crippen molar-refractivity contribution < 1.29 is 10.2 Å². The fraction of sp³-hybridized carbons (Fsp3) is 1.00. The molecule has 0 bridgehead atoms. The van der Waals surface area contributed by atoms with Crippen molar-refractivity contribution in [2.45, 2.75) is 26.6 Å². The number of hydroxylamine groups is 2. The van der Waals surface area contributed by atoms with Crippen molar-refractivity contribution >= 4 is 0 Å². The molecule has 0 aliphatic heterocycles. The Bertz CT molecular complexity index is 85.8. The van der Waals surface area contributed by atoms with E-state index in [-0.39, 0.29) is 5.06 Å². The Morgan fingerprint density at radius 2 is 2.10 bits per heavy atom. The molecule has 0 aliphatic carbocycles. The number of hydrogen-bond donors (Lipinski definition) is 3. The van der Waals surface area contributed by atoms with Gasteiger partial charge in [-0.25, -0.2) is 0 Å². The first-order valence-electron chi connectivity index (χ1n) is 3.50. The average molecular weight is 148 g/mol. The SMILES string of the molecule is CC(C)CC[NH+]([O-])C(N)O. The predicted molar refractivity (Wildman–Crippen MR) is 38.8 cm³/mol. The van der Waals surface area contributed by atoms with Gasteiger partial charge in [0.25, 0.3) is 0 Å². The summed E-state index contributed by atoms with van der Waals surface area (Å²) in [5, 5.41) is 19.0. The number of rotatable bonds is 4. The third kappa shape index (κ3) is 4.69. The van der Waals surface area contributed by atoms with Crippen molar-refractivity contribution in [3.05, 3.63) is 5.21 Å². The molecule has 0 aromatic carbocycles. The highest BCUT2D eigenvalue weighted by Gasteiger charge is 2.04. The molecule has 0 fully saturated rings. The molecule has 2 atom stereocenters. The molecule has 0 aromatic heterocycles. The molecule has 62 valence electrons. The van der Waals surface area contributed by atoms with E-state index in [9.17, 15) is 5.21 Å². The van der Waals surface area contributed by atoms with Crippen LogP contribution in [0.1, 0.15) is 20.3 Å². The Morgan fingerprint density at radius 3 is 2.40 bits per heavy atom. The van der Waals surface area contributed by atoms with Crippen LogP contribution in [0.4, 0.5) is 0 Å². The lowest BCUT2D eigenvalue weighted by Gasteiger charge is -2.24. The Hall–Kier alpha value is -0.160. The van der Waals surface area contributed by atoms with Crippen LogP contribution in [-0.4, -0.2) is 18.0 Å². The van der Waals surface area contributed by atoms with Gasteiger partial charge in [0.1, 0.15) is 0 Å². The molecular formula is C6H16N2O2. The van der Waals surface area contributed by atoms with Gasteiger partial charge in [-0.15, -0.1) is 0 Å². The second-order valence-corrected chi connectivity index (χ2v) is 2.84. The molecule has 0 heterocycles. The van der Waals surface area contributed by atoms with Crippen LogP contribution < -0.4 is 10.8 Å². The zero-order valence-corrected chi connectivity index (χ0v) is 6.50. The summed E-state index contributed by atoms with van der Waals surface area (Å²) >= 11 is 0. The molecule has 0 saturated carbocycles. The minimum absolute atomic E-state index is 0.270. The van der Waals surface area contributed by atoms with Crippen molar-refractivity contribution in [3.8, 4) is 0 Å². The number of aliphatic hydroxyl groups is 1. The first-order valence-corrected chi connectivity index (χ1v) is 3.50. The normalized spacial score (nSPS) is 17.4. The molecule has 4 nitrogen and oxygen atoms in total. The smallest absolute Gasteiger partial charge is 0.246 e. The zero-order chi connectivity index (χ0) is 8.15. The Kier molecular flexibility index (Phi) is 4.55. The molecule has 4 N–H and O–H groups in total. The minimum Gasteiger partial charge on any atom is -0.631 e. The summed E-state index contributed by atoms with van der Waals surface area (Å²) in [6.07, 6.45) is -0.480. The molecule has 0 rings (SSSR count). The second kappa shape index (κ2) is 4.62. The van der Waals surface area contributed by atoms with E-state index < -0.39 is 6.35 Å². The van der Waals surface area contributed by atoms with Crippen LogP contribution in [0.15, 0.2) is 0 Å². The number of nitrogens with two attached hydrogens (primary N) is 1. The van der Waals surface area contributed by atoms with Crippen LogP contribution in [0.3, 0.4) is 0 Å². The molecule has 0 aromatic rings. The highest BCUT2D eigenvalue weighted by Crippen LogP contribution is 1.94. The summed E-state index contributed by atoms with van der Waals surface area (Å²) in [6.45, 7) is 4.43. The van der Waals surface area contributed by atoms with Crippen LogP contribution in [0, 0.1) is 11.1 Å². The molecule has 2 unspecified atom stereocenters. The van der Waals surface area contributed by atoms with Gasteiger partial charge in [0.15, 0.2) is 0 Å². The lowest BCUT2D eigenvalue weighted by molar-refractivity contribution is -0.900. The van der Waals surface area contributed by atoms with Crippen LogP contribution in [0.5, 0.6) is 0 Å². The quantitative estimate of drug-likeness (QED) is 0.341. The average Bonchev–Trinajstić information content (AvgIpc) is 1.82. The fourth-order valence-corrected chi connectivity index (χ4v) is 0.579. The molecule has 4 heteroatoms. The molecule has 0 saturated heterocycles. The lowest BCUT2D eigenvalue weighted by Crippen LogP contribution is -3.13. The van der Waals surface area contributed by atoms with Crippen LogP contribution in [0.2, 0.25) is 0 Å². The van der Waals surface area contributed by atoms with E-state index in [0.717, 1.165) is 6.42 Å². The number of quaternary nitrogens is 1. The van der Waals surface area contributed by atoms with Gasteiger partial charge in [0.05, 0.1) is 6.54 Å². The van der Waals surface area contributed by atoms with Gasteiger partial charge in [-0.2, -0.15) is 0 Å². The maximum absolute atomic E-state index is 10.7. The monoisotopic (exact) mass is 148 g/mol. The maximum Gasteiger partial charge on any atom is 0.246 e. The Balaban J connectivity index is 3.30. The Morgan fingerprint density at radius 1 is 1.60 bits per heavy atom. The summed E-state index contributed by atoms with van der Waals surface area (Å²) in [4.78, 5) is 0. The standard InChI is InChI=1S/C6H16N2O2/c1-5(2)3-4-8(10)6(7)9/h5-6,8-9H,3-4,7H2,1-2H3. The van der Waals surface area contributed by atoms with E-state index in [2.05, 4.69) is 0 Å². The second-order valence-electron chi connectivity index (χ2n) is 2.84. The van der Waals surface area contributed by atoms with Crippen molar-refractivity contribution in [2.75, 3.05) is 6.54 Å². The number of nitrogens with one attached hydrogen (secondary N) is 1. The largest absolute Gasteiger partial charge is 0.631 e. The predicted octanol–water partition coefficient (Wildman–Crippen LogP) is -1.35. The van der Waals surface area contributed by atoms with Crippen molar-refractivity contribution in [1.29, 1.82) is 0 Å². The fourth-order valence-electron chi connectivity index (χ4n) is 0.579. The van der Waals surface area contributed by atoms with E-state index in [4.69, 9.17) is 10.8 Å². The van der Waals surface area contributed by atoms with Crippen molar-refractivity contribution in [3.63, 3.8) is 0 Å². The van der Waals surface area contributed by atoms with E-state index in [1.807, 2.05) is 13.8 Å². The summed E-state index contributed by atoms with van der Waals surface area (Å²) < 4.78 is 0. The molecule has 0 spiro atoms. The molecular weight excluding hydrogens is 132 g/mol. The first-order chi connectivity index (χ1) is 4.54. The zero-order valence-electron chi connectivity index (χ0n) is 6.50. The first kappa shape index (κ1) is 9.84. The lowest BCUT2D eigenvalue weighted by atomic mass is 10.1. The van der Waals surface area contributed by atoms with Gasteiger partial charge < -0.3 is 15.4 Å². The van der Waals surface area contributed by atoms with Gasteiger partial charge in [0.2, 0.25) is 6.35 Å². The van der Waals surface area contributed by atoms with Crippen LogP contribution >= 0.6 is 0 Å². The molecule has 0 radical (unpaired) electrons. The summed E-state index contributed by atoms with van der Waals surface area (Å²) in [5.41, 5.74) is 4.93. The summed E-state index contributed by atoms with van der Waals surface area (Å²) in [6, 6.07) is 0. The maximum atomic E-state index is 10.7. The van der Waals surface area contributed by atoms with E-state index in [1.54, 1.807) is 0 Å². The minimum atomic E-state index is -1.28. The van der Waals surface area contributed by atoms with Gasteiger partial charge >= 0.3 is 0 Å². The number of hydrogen-bond acceptors (Lipinski definition) is 3. The third-order valence-electron chi connectivity index (χ3n) is 1.30. The van der Waals surface area contributed by atoms with E-state index in [1.165, 1.54) is 0 Å². The highest BCUT2D eigenvalue weighted by molar-refractivity contribution is 4.41.